The summed E-state index contributed by atoms with van der Waals surface area (Å²) in [7, 11) is 0. The molecule has 0 bridgehead atoms. The van der Waals surface area contributed by atoms with Gasteiger partial charge in [0.15, 0.2) is 11.3 Å². The lowest BCUT2D eigenvalue weighted by Gasteiger charge is -2.31. The van der Waals surface area contributed by atoms with Gasteiger partial charge in [0.1, 0.15) is 0 Å². The molecule has 0 aliphatic carbocycles. The van der Waals surface area contributed by atoms with E-state index >= 15 is 0 Å². The standard InChI is InChI=1S/C18H20F3N3O2/c1-2-3-10-16(23-24-16)11-9-15(25)22-13-12-17(26,18(19,20)21)14-7-5-4-6-8-14/h1,4-8,26H,3,9-13H2,(H,22,25). The van der Waals surface area contributed by atoms with Gasteiger partial charge in [0, 0.05) is 38.6 Å². The number of alkyl halides is 3. The molecule has 1 unspecified atom stereocenters. The molecule has 8 heteroatoms. The van der Waals surface area contributed by atoms with Crippen LogP contribution in [0.1, 0.15) is 37.7 Å². The van der Waals surface area contributed by atoms with Gasteiger partial charge in [-0.2, -0.15) is 23.4 Å². The summed E-state index contributed by atoms with van der Waals surface area (Å²) in [4.78, 5) is 11.9. The Morgan fingerprint density at radius 2 is 1.88 bits per heavy atom. The Morgan fingerprint density at radius 3 is 2.42 bits per heavy atom. The number of aliphatic hydroxyl groups is 1. The fraction of sp³-hybridized carbons (Fsp3) is 0.500. The maximum Gasteiger partial charge on any atom is 0.421 e. The Kier molecular flexibility index (Phi) is 6.03. The molecule has 1 aromatic carbocycles. The first-order valence-electron chi connectivity index (χ1n) is 8.21. The van der Waals surface area contributed by atoms with E-state index in [4.69, 9.17) is 6.42 Å². The second-order valence-corrected chi connectivity index (χ2v) is 6.21. The number of terminal acetylenes is 1. The Hall–Kier alpha value is -2.40. The molecule has 0 spiro atoms. The number of carbonyl (C=O) groups excluding carboxylic acids is 1. The highest BCUT2D eigenvalue weighted by Crippen LogP contribution is 2.41. The maximum atomic E-state index is 13.3. The SMILES string of the molecule is C#CCCC1(CCC(=O)NCCC(O)(c2ccccc2)C(F)(F)F)N=N1. The van der Waals surface area contributed by atoms with Gasteiger partial charge in [-0.25, -0.2) is 0 Å². The molecule has 0 aromatic heterocycles. The van der Waals surface area contributed by atoms with E-state index in [0.717, 1.165) is 0 Å². The molecule has 2 N–H and O–H groups in total. The van der Waals surface area contributed by atoms with E-state index < -0.39 is 29.8 Å². The number of nitrogens with zero attached hydrogens (tertiary/aromatic N) is 2. The molecule has 0 radical (unpaired) electrons. The molecule has 1 amide bonds. The zero-order valence-corrected chi connectivity index (χ0v) is 14.1. The largest absolute Gasteiger partial charge is 0.421 e. The van der Waals surface area contributed by atoms with Gasteiger partial charge in [-0.15, -0.1) is 12.3 Å². The van der Waals surface area contributed by atoms with Gasteiger partial charge in [-0.3, -0.25) is 4.79 Å². The van der Waals surface area contributed by atoms with E-state index in [2.05, 4.69) is 21.5 Å². The van der Waals surface area contributed by atoms with Gasteiger partial charge in [0.2, 0.25) is 5.91 Å². The van der Waals surface area contributed by atoms with E-state index in [9.17, 15) is 23.1 Å². The first-order valence-corrected chi connectivity index (χ1v) is 8.21. The van der Waals surface area contributed by atoms with Crippen molar-refractivity contribution in [2.75, 3.05) is 6.54 Å². The van der Waals surface area contributed by atoms with Crippen LogP contribution in [0.4, 0.5) is 13.2 Å². The molecule has 5 nitrogen and oxygen atoms in total. The maximum absolute atomic E-state index is 13.3. The smallest absolute Gasteiger partial charge is 0.376 e. The minimum absolute atomic E-state index is 0.0767. The number of amides is 1. The van der Waals surface area contributed by atoms with E-state index in [1.54, 1.807) is 6.07 Å². The Morgan fingerprint density at radius 1 is 1.23 bits per heavy atom. The van der Waals surface area contributed by atoms with Crippen LogP contribution in [0.5, 0.6) is 0 Å². The molecule has 0 fully saturated rings. The molecule has 1 heterocycles. The fourth-order valence-electron chi connectivity index (χ4n) is 2.62. The highest BCUT2D eigenvalue weighted by Gasteiger charge is 2.54. The minimum atomic E-state index is -4.86. The number of hydrogen-bond donors (Lipinski definition) is 2. The normalized spacial score (nSPS) is 17.2. The van der Waals surface area contributed by atoms with Crippen molar-refractivity contribution in [1.29, 1.82) is 0 Å². The van der Waals surface area contributed by atoms with E-state index in [0.29, 0.717) is 19.3 Å². The topological polar surface area (TPSA) is 74.0 Å². The van der Waals surface area contributed by atoms with Crippen LogP contribution in [0.2, 0.25) is 0 Å². The van der Waals surface area contributed by atoms with Crippen molar-refractivity contribution >= 4 is 5.91 Å². The van der Waals surface area contributed by atoms with Crippen LogP contribution in [0, 0.1) is 12.3 Å². The molecule has 140 valence electrons. The summed E-state index contributed by atoms with van der Waals surface area (Å²) >= 11 is 0. The first kappa shape index (κ1) is 19.9. The molecular weight excluding hydrogens is 347 g/mol. The lowest BCUT2D eigenvalue weighted by molar-refractivity contribution is -0.268. The van der Waals surface area contributed by atoms with Gasteiger partial charge < -0.3 is 10.4 Å². The summed E-state index contributed by atoms with van der Waals surface area (Å²) in [6, 6.07) is 6.82. The van der Waals surface area contributed by atoms with Gasteiger partial charge in [0.05, 0.1) is 0 Å². The molecule has 1 aromatic rings. The first-order chi connectivity index (χ1) is 12.2. The van der Waals surface area contributed by atoms with Crippen molar-refractivity contribution < 1.29 is 23.1 Å². The highest BCUT2D eigenvalue weighted by molar-refractivity contribution is 5.76. The van der Waals surface area contributed by atoms with Gasteiger partial charge in [0.25, 0.3) is 0 Å². The molecular formula is C18H20F3N3O2. The van der Waals surface area contributed by atoms with E-state index in [1.165, 1.54) is 24.3 Å². The number of rotatable bonds is 9. The van der Waals surface area contributed by atoms with Gasteiger partial charge >= 0.3 is 6.18 Å². The fourth-order valence-corrected chi connectivity index (χ4v) is 2.62. The minimum Gasteiger partial charge on any atom is -0.376 e. The van der Waals surface area contributed by atoms with Crippen LogP contribution < -0.4 is 5.32 Å². The zero-order valence-electron chi connectivity index (χ0n) is 14.1. The number of hydrogen-bond acceptors (Lipinski definition) is 4. The molecule has 0 saturated carbocycles. The number of nitrogens with one attached hydrogen (secondary N) is 1. The number of halogens is 3. The van der Waals surface area contributed by atoms with Crippen LogP contribution in [0.15, 0.2) is 40.6 Å². The quantitative estimate of drug-likeness (QED) is 0.657. The Balaban J connectivity index is 1.84. The van der Waals surface area contributed by atoms with Gasteiger partial charge in [-0.1, -0.05) is 30.3 Å². The van der Waals surface area contributed by atoms with Gasteiger partial charge in [-0.05, 0) is 5.56 Å². The van der Waals surface area contributed by atoms with Crippen molar-refractivity contribution in [2.45, 2.75) is 49.5 Å². The van der Waals surface area contributed by atoms with Crippen molar-refractivity contribution in [2.24, 2.45) is 10.2 Å². The molecule has 0 saturated heterocycles. The summed E-state index contributed by atoms with van der Waals surface area (Å²) in [5.74, 6) is 2.06. The molecule has 1 aliphatic rings. The summed E-state index contributed by atoms with van der Waals surface area (Å²) < 4.78 is 40.0. The third-order valence-electron chi connectivity index (χ3n) is 4.33. The van der Waals surface area contributed by atoms with E-state index in [-0.39, 0.29) is 18.5 Å². The molecule has 2 rings (SSSR count). The zero-order chi connectivity index (χ0) is 19.3. The average Bonchev–Trinajstić information content (AvgIpc) is 3.38. The second kappa shape index (κ2) is 7.87. The second-order valence-electron chi connectivity index (χ2n) is 6.21. The monoisotopic (exact) mass is 367 g/mol. The predicted octanol–water partition coefficient (Wildman–Crippen LogP) is 3.30. The summed E-state index contributed by atoms with van der Waals surface area (Å²) in [5.41, 5.74) is -3.89. The Bertz CT molecular complexity index is 692. The number of benzene rings is 1. The highest BCUT2D eigenvalue weighted by atomic mass is 19.4. The summed E-state index contributed by atoms with van der Waals surface area (Å²) in [6.45, 7) is -0.310. The third-order valence-corrected chi connectivity index (χ3v) is 4.33. The van der Waals surface area contributed by atoms with Crippen molar-refractivity contribution in [3.8, 4) is 12.3 Å². The summed E-state index contributed by atoms with van der Waals surface area (Å²) in [5, 5.41) is 20.4. The van der Waals surface area contributed by atoms with Crippen LogP contribution in [-0.4, -0.2) is 29.4 Å². The molecule has 1 atom stereocenters. The summed E-state index contributed by atoms with van der Waals surface area (Å²) in [6.07, 6.45) is 1.13. The third kappa shape index (κ3) is 4.82. The predicted molar refractivity (Wildman–Crippen MR) is 88.9 cm³/mol. The van der Waals surface area contributed by atoms with Crippen LogP contribution in [0.25, 0.3) is 0 Å². The van der Waals surface area contributed by atoms with E-state index in [1.807, 2.05) is 0 Å². The van der Waals surface area contributed by atoms with Crippen LogP contribution in [-0.2, 0) is 10.4 Å². The lowest BCUT2D eigenvalue weighted by Crippen LogP contribution is -2.45. The average molecular weight is 367 g/mol. The number of carbonyl (C=O) groups is 1. The van der Waals surface area contributed by atoms with Crippen molar-refractivity contribution in [3.05, 3.63) is 35.9 Å². The van der Waals surface area contributed by atoms with Crippen LogP contribution in [0.3, 0.4) is 0 Å². The van der Waals surface area contributed by atoms with Crippen molar-refractivity contribution in [1.82, 2.24) is 5.32 Å². The van der Waals surface area contributed by atoms with Crippen molar-refractivity contribution in [3.63, 3.8) is 0 Å². The molecule has 26 heavy (non-hydrogen) atoms. The molecule has 1 aliphatic heterocycles. The van der Waals surface area contributed by atoms with Crippen LogP contribution >= 0.6 is 0 Å². The lowest BCUT2D eigenvalue weighted by atomic mass is 9.89. The Labute approximate surface area is 149 Å².